The molecule has 1 atom stereocenters. The van der Waals surface area contributed by atoms with Gasteiger partial charge in [-0.25, -0.2) is 0 Å². The Bertz CT molecular complexity index is 416. The number of nitrogens with one attached hydrogen (secondary N) is 1. The van der Waals surface area contributed by atoms with Crippen molar-refractivity contribution in [1.29, 1.82) is 0 Å². The summed E-state index contributed by atoms with van der Waals surface area (Å²) in [6.45, 7) is 13.3. The van der Waals surface area contributed by atoms with Crippen LogP contribution in [0.4, 0.5) is 0 Å². The van der Waals surface area contributed by atoms with E-state index in [9.17, 15) is 0 Å². The number of rotatable bonds is 6. The molecule has 2 rings (SSSR count). The maximum atomic E-state index is 5.80. The van der Waals surface area contributed by atoms with E-state index in [1.807, 2.05) is 30.3 Å². The SMILES string of the molecule is CC(C)C1CNC(C)(C)CN1CCCOc1ccccc1. The predicted molar refractivity (Wildman–Crippen MR) is 88.8 cm³/mol. The lowest BCUT2D eigenvalue weighted by molar-refractivity contribution is 0.0647. The molecule has 1 aliphatic rings. The van der Waals surface area contributed by atoms with Gasteiger partial charge in [0.1, 0.15) is 5.75 Å². The molecule has 1 unspecified atom stereocenters. The van der Waals surface area contributed by atoms with E-state index >= 15 is 0 Å². The minimum atomic E-state index is 0.214. The molecule has 1 saturated heterocycles. The second-order valence-corrected chi connectivity index (χ2v) is 7.06. The van der Waals surface area contributed by atoms with Gasteiger partial charge in [0, 0.05) is 31.2 Å². The van der Waals surface area contributed by atoms with Crippen molar-refractivity contribution in [2.24, 2.45) is 5.92 Å². The van der Waals surface area contributed by atoms with Gasteiger partial charge in [-0.2, -0.15) is 0 Å². The number of hydrogen-bond donors (Lipinski definition) is 1. The van der Waals surface area contributed by atoms with Gasteiger partial charge in [-0.05, 0) is 38.3 Å². The third kappa shape index (κ3) is 5.01. The van der Waals surface area contributed by atoms with E-state index in [1.54, 1.807) is 0 Å². The molecule has 118 valence electrons. The fourth-order valence-electron chi connectivity index (χ4n) is 3.07. The predicted octanol–water partition coefficient (Wildman–Crippen LogP) is 3.16. The van der Waals surface area contributed by atoms with Crippen LogP contribution < -0.4 is 10.1 Å². The summed E-state index contributed by atoms with van der Waals surface area (Å²) in [4.78, 5) is 2.63. The van der Waals surface area contributed by atoms with Crippen LogP contribution in [0.5, 0.6) is 5.75 Å². The summed E-state index contributed by atoms with van der Waals surface area (Å²) in [6.07, 6.45) is 1.08. The summed E-state index contributed by atoms with van der Waals surface area (Å²) in [5.41, 5.74) is 0.214. The number of nitrogens with zero attached hydrogens (tertiary/aromatic N) is 1. The molecular weight excluding hydrogens is 260 g/mol. The summed E-state index contributed by atoms with van der Waals surface area (Å²) in [6, 6.07) is 10.7. The van der Waals surface area contributed by atoms with Crippen LogP contribution in [0.25, 0.3) is 0 Å². The number of hydrogen-bond acceptors (Lipinski definition) is 3. The Kier molecular flexibility index (Phi) is 5.65. The van der Waals surface area contributed by atoms with Crippen LogP contribution in [0.1, 0.15) is 34.1 Å². The molecule has 0 aliphatic carbocycles. The van der Waals surface area contributed by atoms with E-state index in [2.05, 4.69) is 37.9 Å². The largest absolute Gasteiger partial charge is 0.494 e. The lowest BCUT2D eigenvalue weighted by atomic mass is 9.93. The van der Waals surface area contributed by atoms with E-state index < -0.39 is 0 Å². The Morgan fingerprint density at radius 1 is 1.29 bits per heavy atom. The van der Waals surface area contributed by atoms with Gasteiger partial charge < -0.3 is 10.1 Å². The second-order valence-electron chi connectivity index (χ2n) is 7.06. The monoisotopic (exact) mass is 290 g/mol. The van der Waals surface area contributed by atoms with Crippen LogP contribution >= 0.6 is 0 Å². The summed E-state index contributed by atoms with van der Waals surface area (Å²) in [7, 11) is 0. The van der Waals surface area contributed by atoms with Crippen LogP contribution in [0.2, 0.25) is 0 Å². The van der Waals surface area contributed by atoms with Gasteiger partial charge in [0.15, 0.2) is 0 Å². The Hall–Kier alpha value is -1.06. The van der Waals surface area contributed by atoms with Crippen molar-refractivity contribution in [3.05, 3.63) is 30.3 Å². The Balaban J connectivity index is 1.79. The van der Waals surface area contributed by atoms with Gasteiger partial charge in [0.05, 0.1) is 6.61 Å². The molecule has 21 heavy (non-hydrogen) atoms. The molecule has 1 aromatic rings. The minimum absolute atomic E-state index is 0.214. The zero-order valence-electron chi connectivity index (χ0n) is 13.9. The molecule has 0 bridgehead atoms. The van der Waals surface area contributed by atoms with Crippen molar-refractivity contribution in [3.8, 4) is 5.75 Å². The molecule has 0 radical (unpaired) electrons. The normalized spacial score (nSPS) is 22.4. The summed E-state index contributed by atoms with van der Waals surface area (Å²) in [5.74, 6) is 1.65. The highest BCUT2D eigenvalue weighted by Gasteiger charge is 2.33. The highest BCUT2D eigenvalue weighted by molar-refractivity contribution is 5.20. The quantitative estimate of drug-likeness (QED) is 0.815. The number of benzene rings is 1. The third-order valence-electron chi connectivity index (χ3n) is 4.23. The molecule has 0 saturated carbocycles. The number of ether oxygens (including phenoxy) is 1. The molecule has 0 spiro atoms. The molecular formula is C18H30N2O. The molecule has 0 amide bonds. The van der Waals surface area contributed by atoms with E-state index in [0.29, 0.717) is 12.0 Å². The van der Waals surface area contributed by atoms with Crippen molar-refractivity contribution in [2.75, 3.05) is 26.2 Å². The van der Waals surface area contributed by atoms with Crippen LogP contribution in [0.3, 0.4) is 0 Å². The first-order valence-electron chi connectivity index (χ1n) is 8.15. The van der Waals surface area contributed by atoms with Crippen LogP contribution in [0.15, 0.2) is 30.3 Å². The van der Waals surface area contributed by atoms with Crippen molar-refractivity contribution in [3.63, 3.8) is 0 Å². The van der Waals surface area contributed by atoms with Crippen LogP contribution in [-0.2, 0) is 0 Å². The Morgan fingerprint density at radius 3 is 2.67 bits per heavy atom. The first-order valence-corrected chi connectivity index (χ1v) is 8.15. The fraction of sp³-hybridized carbons (Fsp3) is 0.667. The van der Waals surface area contributed by atoms with Gasteiger partial charge >= 0.3 is 0 Å². The lowest BCUT2D eigenvalue weighted by Crippen LogP contribution is -2.63. The molecule has 1 N–H and O–H groups in total. The molecule has 1 aliphatic heterocycles. The Labute approximate surface area is 129 Å². The Morgan fingerprint density at radius 2 is 2.00 bits per heavy atom. The van der Waals surface area contributed by atoms with Crippen molar-refractivity contribution >= 4 is 0 Å². The van der Waals surface area contributed by atoms with Gasteiger partial charge in [0.25, 0.3) is 0 Å². The van der Waals surface area contributed by atoms with Crippen molar-refractivity contribution < 1.29 is 4.74 Å². The second kappa shape index (κ2) is 7.28. The lowest BCUT2D eigenvalue weighted by Gasteiger charge is -2.46. The zero-order valence-corrected chi connectivity index (χ0v) is 13.9. The smallest absolute Gasteiger partial charge is 0.119 e. The van der Waals surface area contributed by atoms with Gasteiger partial charge in [-0.3, -0.25) is 4.90 Å². The van der Waals surface area contributed by atoms with Gasteiger partial charge in [-0.1, -0.05) is 32.0 Å². The highest BCUT2D eigenvalue weighted by atomic mass is 16.5. The van der Waals surface area contributed by atoms with Gasteiger partial charge in [-0.15, -0.1) is 0 Å². The molecule has 1 fully saturated rings. The first-order chi connectivity index (χ1) is 9.98. The van der Waals surface area contributed by atoms with E-state index in [0.717, 1.165) is 38.4 Å². The highest BCUT2D eigenvalue weighted by Crippen LogP contribution is 2.20. The first kappa shape index (κ1) is 16.3. The van der Waals surface area contributed by atoms with Crippen molar-refractivity contribution in [2.45, 2.75) is 45.7 Å². The van der Waals surface area contributed by atoms with E-state index in [4.69, 9.17) is 4.74 Å². The standard InChI is InChI=1S/C18H30N2O/c1-15(2)17-13-19-18(3,4)14-20(17)11-8-12-21-16-9-6-5-7-10-16/h5-7,9-10,15,17,19H,8,11-14H2,1-4H3. The maximum Gasteiger partial charge on any atom is 0.119 e. The number of para-hydroxylation sites is 1. The van der Waals surface area contributed by atoms with E-state index in [-0.39, 0.29) is 5.54 Å². The minimum Gasteiger partial charge on any atom is -0.494 e. The third-order valence-corrected chi connectivity index (χ3v) is 4.23. The summed E-state index contributed by atoms with van der Waals surface area (Å²) in [5, 5.41) is 3.66. The molecule has 1 aromatic carbocycles. The van der Waals surface area contributed by atoms with Crippen LogP contribution in [0, 0.1) is 5.92 Å². The van der Waals surface area contributed by atoms with Crippen molar-refractivity contribution in [1.82, 2.24) is 10.2 Å². The average Bonchev–Trinajstić information content (AvgIpc) is 2.43. The molecule has 3 nitrogen and oxygen atoms in total. The molecule has 3 heteroatoms. The molecule has 1 heterocycles. The van der Waals surface area contributed by atoms with Crippen LogP contribution in [-0.4, -0.2) is 42.7 Å². The summed E-state index contributed by atoms with van der Waals surface area (Å²) < 4.78 is 5.80. The van der Waals surface area contributed by atoms with Gasteiger partial charge in [0.2, 0.25) is 0 Å². The van der Waals surface area contributed by atoms with E-state index in [1.165, 1.54) is 0 Å². The average molecular weight is 290 g/mol. The fourth-order valence-corrected chi connectivity index (χ4v) is 3.07. The maximum absolute atomic E-state index is 5.80. The topological polar surface area (TPSA) is 24.5 Å². The molecule has 0 aromatic heterocycles. The summed E-state index contributed by atoms with van der Waals surface area (Å²) >= 11 is 0. The zero-order chi connectivity index (χ0) is 15.3. The number of piperazine rings is 1.